The Labute approximate surface area is 227 Å². The molecule has 0 aromatic heterocycles. The van der Waals surface area contributed by atoms with E-state index in [2.05, 4.69) is 0 Å². The van der Waals surface area contributed by atoms with Gasteiger partial charge in [0.25, 0.3) is 0 Å². The van der Waals surface area contributed by atoms with Gasteiger partial charge in [-0.05, 0) is 62.5 Å². The maximum absolute atomic E-state index is 13.2. The van der Waals surface area contributed by atoms with Gasteiger partial charge in [-0.1, -0.05) is 0 Å². The first-order valence-electron chi connectivity index (χ1n) is 12.8. The number of carbonyl (C=O) groups excluding carboxylic acids is 2. The molecule has 4 atom stereocenters. The number of hydrogen-bond acceptors (Lipinski definition) is 10. The molecule has 0 unspecified atom stereocenters. The second kappa shape index (κ2) is 10.7. The summed E-state index contributed by atoms with van der Waals surface area (Å²) in [5.74, 6) is -0.479. The number of esters is 1. The second-order valence-electron chi connectivity index (χ2n) is 10.3. The van der Waals surface area contributed by atoms with Gasteiger partial charge in [-0.3, -0.25) is 4.79 Å². The van der Waals surface area contributed by atoms with Crippen molar-refractivity contribution in [2.24, 2.45) is 11.8 Å². The molecule has 210 valence electrons. The summed E-state index contributed by atoms with van der Waals surface area (Å²) in [6, 6.07) is 7.10. The van der Waals surface area contributed by atoms with Crippen LogP contribution in [0.25, 0.3) is 0 Å². The Kier molecular flexibility index (Phi) is 7.35. The molecule has 1 amide bonds. The SMILES string of the molecule is COc1cc([C@@H]2c3cc4c(cc3[C@H](OC(=O)N(C)CCCN(C)C)[C@@H]3C(=O)OC[C@@H]23)OCO4)cc(OC)c1O. The standard InChI is InChI=1S/C28H34N2O9/c1-29(2)7-6-8-30(3)28(33)39-26-17-12-20-19(37-14-38-20)11-16(17)23(18-13-36-27(32)24(18)26)15-9-21(34-4)25(31)22(10-15)35-5/h9-12,18,23-24,26,31H,6-8,13-14H2,1-5H3/t18-,23+,24+,26-/m0/s1. The molecule has 39 heavy (non-hydrogen) atoms. The van der Waals surface area contributed by atoms with Gasteiger partial charge in [-0.2, -0.15) is 0 Å². The van der Waals surface area contributed by atoms with Crippen LogP contribution in [0.3, 0.4) is 0 Å². The van der Waals surface area contributed by atoms with E-state index in [1.54, 1.807) is 25.2 Å². The molecule has 0 radical (unpaired) electrons. The summed E-state index contributed by atoms with van der Waals surface area (Å²) in [6.45, 7) is 1.54. The van der Waals surface area contributed by atoms with E-state index in [1.807, 2.05) is 25.1 Å². The van der Waals surface area contributed by atoms with E-state index in [0.717, 1.165) is 24.1 Å². The Morgan fingerprint density at radius 1 is 0.974 bits per heavy atom. The molecule has 3 aliphatic rings. The molecule has 0 saturated carbocycles. The van der Waals surface area contributed by atoms with Gasteiger partial charge >= 0.3 is 12.1 Å². The lowest BCUT2D eigenvalue weighted by molar-refractivity contribution is -0.144. The molecule has 1 aliphatic carbocycles. The zero-order chi connectivity index (χ0) is 27.8. The van der Waals surface area contributed by atoms with Gasteiger partial charge in [0, 0.05) is 31.0 Å². The number of phenolic OH excluding ortho intramolecular Hbond substituents is 1. The first-order chi connectivity index (χ1) is 18.7. The molecular weight excluding hydrogens is 508 g/mol. The van der Waals surface area contributed by atoms with Crippen LogP contribution in [0.15, 0.2) is 24.3 Å². The molecule has 0 spiro atoms. The number of ether oxygens (including phenoxy) is 6. The summed E-state index contributed by atoms with van der Waals surface area (Å²) < 4.78 is 33.8. The van der Waals surface area contributed by atoms with E-state index < -0.39 is 24.1 Å². The van der Waals surface area contributed by atoms with Gasteiger partial charge in [0.1, 0.15) is 12.0 Å². The Morgan fingerprint density at radius 2 is 1.62 bits per heavy atom. The molecule has 2 aliphatic heterocycles. The highest BCUT2D eigenvalue weighted by Crippen LogP contribution is 2.56. The summed E-state index contributed by atoms with van der Waals surface area (Å²) >= 11 is 0. The predicted molar refractivity (Wildman–Crippen MR) is 139 cm³/mol. The van der Waals surface area contributed by atoms with Crippen molar-refractivity contribution in [3.8, 4) is 28.7 Å². The van der Waals surface area contributed by atoms with Gasteiger partial charge < -0.3 is 43.3 Å². The second-order valence-corrected chi connectivity index (χ2v) is 10.3. The van der Waals surface area contributed by atoms with Crippen LogP contribution >= 0.6 is 0 Å². The van der Waals surface area contributed by atoms with E-state index in [9.17, 15) is 14.7 Å². The number of amides is 1. The third-order valence-corrected chi connectivity index (χ3v) is 7.63. The van der Waals surface area contributed by atoms with Gasteiger partial charge in [-0.25, -0.2) is 4.79 Å². The Hall–Kier alpha value is -3.86. The van der Waals surface area contributed by atoms with Crippen LogP contribution in [-0.4, -0.2) is 88.8 Å². The fourth-order valence-electron chi connectivity index (χ4n) is 5.69. The van der Waals surface area contributed by atoms with Gasteiger partial charge in [0.15, 0.2) is 23.0 Å². The number of phenols is 1. The van der Waals surface area contributed by atoms with Gasteiger partial charge in [0.2, 0.25) is 12.5 Å². The fourth-order valence-corrected chi connectivity index (χ4v) is 5.69. The van der Waals surface area contributed by atoms with E-state index in [1.165, 1.54) is 19.1 Å². The number of methoxy groups -OCH3 is 2. The number of fused-ring (bicyclic) bond motifs is 3. The topological polar surface area (TPSA) is 116 Å². The predicted octanol–water partition coefficient (Wildman–Crippen LogP) is 3.13. The van der Waals surface area contributed by atoms with Crippen molar-refractivity contribution in [1.82, 2.24) is 9.80 Å². The van der Waals surface area contributed by atoms with Crippen molar-refractivity contribution >= 4 is 12.1 Å². The van der Waals surface area contributed by atoms with Crippen LogP contribution in [0.2, 0.25) is 0 Å². The number of rotatable bonds is 8. The largest absolute Gasteiger partial charge is 0.502 e. The van der Waals surface area contributed by atoms with Crippen molar-refractivity contribution in [2.75, 3.05) is 61.9 Å². The average molecular weight is 543 g/mol. The van der Waals surface area contributed by atoms with Crippen molar-refractivity contribution in [3.63, 3.8) is 0 Å². The third-order valence-electron chi connectivity index (χ3n) is 7.63. The van der Waals surface area contributed by atoms with E-state index in [4.69, 9.17) is 28.4 Å². The highest BCUT2D eigenvalue weighted by atomic mass is 16.7. The summed E-state index contributed by atoms with van der Waals surface area (Å²) in [6.07, 6.45) is -0.623. The molecule has 2 aromatic rings. The minimum absolute atomic E-state index is 0.0672. The lowest BCUT2D eigenvalue weighted by Gasteiger charge is -2.39. The zero-order valence-corrected chi connectivity index (χ0v) is 22.8. The average Bonchev–Trinajstić information content (AvgIpc) is 3.53. The first-order valence-corrected chi connectivity index (χ1v) is 12.8. The zero-order valence-electron chi connectivity index (χ0n) is 22.8. The smallest absolute Gasteiger partial charge is 0.410 e. The lowest BCUT2D eigenvalue weighted by atomic mass is 9.66. The number of aromatic hydroxyl groups is 1. The van der Waals surface area contributed by atoms with Crippen molar-refractivity contribution in [1.29, 1.82) is 0 Å². The Balaban J connectivity index is 1.58. The van der Waals surface area contributed by atoms with Gasteiger partial charge in [0.05, 0.1) is 20.8 Å². The van der Waals surface area contributed by atoms with Crippen LogP contribution in [0, 0.1) is 11.8 Å². The van der Waals surface area contributed by atoms with Crippen LogP contribution < -0.4 is 18.9 Å². The number of hydrogen-bond donors (Lipinski definition) is 1. The Morgan fingerprint density at radius 3 is 2.23 bits per heavy atom. The quantitative estimate of drug-likeness (QED) is 0.499. The van der Waals surface area contributed by atoms with Crippen LogP contribution in [0.4, 0.5) is 4.79 Å². The molecule has 0 bridgehead atoms. The minimum atomic E-state index is -0.879. The highest BCUT2D eigenvalue weighted by molar-refractivity contribution is 5.79. The molecule has 1 N–H and O–H groups in total. The van der Waals surface area contributed by atoms with Crippen LogP contribution in [0.5, 0.6) is 28.7 Å². The number of carbonyl (C=O) groups is 2. The maximum atomic E-state index is 13.2. The van der Waals surface area contributed by atoms with E-state index in [0.29, 0.717) is 23.6 Å². The highest BCUT2D eigenvalue weighted by Gasteiger charge is 2.54. The number of nitrogens with zero attached hydrogens (tertiary/aromatic N) is 2. The molecule has 5 rings (SSSR count). The lowest BCUT2D eigenvalue weighted by Crippen LogP contribution is -2.39. The van der Waals surface area contributed by atoms with E-state index in [-0.39, 0.29) is 42.5 Å². The number of cyclic esters (lactones) is 1. The van der Waals surface area contributed by atoms with Crippen molar-refractivity contribution in [2.45, 2.75) is 18.4 Å². The van der Waals surface area contributed by atoms with Crippen LogP contribution in [-0.2, 0) is 14.3 Å². The maximum Gasteiger partial charge on any atom is 0.410 e. The molecular formula is C28H34N2O9. The summed E-state index contributed by atoms with van der Waals surface area (Å²) in [7, 11) is 8.55. The summed E-state index contributed by atoms with van der Waals surface area (Å²) in [4.78, 5) is 29.9. The minimum Gasteiger partial charge on any atom is -0.502 e. The molecule has 2 heterocycles. The fraction of sp³-hybridized carbons (Fsp3) is 0.500. The molecule has 2 aromatic carbocycles. The third kappa shape index (κ3) is 4.87. The molecule has 11 nitrogen and oxygen atoms in total. The summed E-state index contributed by atoms with van der Waals surface area (Å²) in [5, 5.41) is 10.5. The Bertz CT molecular complexity index is 1240. The van der Waals surface area contributed by atoms with Crippen LogP contribution in [0.1, 0.15) is 35.1 Å². The van der Waals surface area contributed by atoms with Crippen molar-refractivity contribution < 1.29 is 43.1 Å². The normalized spacial score (nSPS) is 22.7. The molecule has 1 fully saturated rings. The van der Waals surface area contributed by atoms with Crippen molar-refractivity contribution in [3.05, 3.63) is 41.0 Å². The van der Waals surface area contributed by atoms with Gasteiger partial charge in [-0.15, -0.1) is 0 Å². The summed E-state index contributed by atoms with van der Waals surface area (Å²) in [5.41, 5.74) is 2.20. The molecule has 11 heteroatoms. The molecule has 1 saturated heterocycles. The monoisotopic (exact) mass is 542 g/mol. The van der Waals surface area contributed by atoms with E-state index >= 15 is 0 Å². The first kappa shape index (κ1) is 26.7. The number of benzene rings is 2.